The maximum Gasteiger partial charge on any atom is 0.0547 e. The maximum absolute atomic E-state index is 6.28. The van der Waals surface area contributed by atoms with E-state index < -0.39 is 0 Å². The quantitative estimate of drug-likeness (QED) is 0.276. The van der Waals surface area contributed by atoms with E-state index in [9.17, 15) is 0 Å². The normalized spacial score (nSPS) is 11.8. The molecule has 2 nitrogen and oxygen atoms in total. The Morgan fingerprint density at radius 1 is 0.545 bits per heavy atom. The van der Waals surface area contributed by atoms with Crippen molar-refractivity contribution in [3.05, 3.63) is 114 Å². The zero-order valence-corrected chi connectivity index (χ0v) is 18.5. The number of fused-ring (bicyclic) bond motifs is 6. The van der Waals surface area contributed by atoms with E-state index in [1.807, 2.05) is 12.1 Å². The van der Waals surface area contributed by atoms with Crippen molar-refractivity contribution < 1.29 is 0 Å². The van der Waals surface area contributed by atoms with Gasteiger partial charge in [-0.25, -0.2) is 0 Å². The molecule has 0 radical (unpaired) electrons. The average Bonchev–Trinajstić information content (AvgIpc) is 3.39. The number of benzene rings is 5. The number of rotatable bonds is 2. The highest BCUT2D eigenvalue weighted by atomic mass is 35.5. The Hall–Kier alpha value is -4.01. The molecule has 5 aromatic carbocycles. The Bertz CT molecular complexity index is 1820. The number of H-pyrrole nitrogens is 1. The van der Waals surface area contributed by atoms with Crippen molar-refractivity contribution in [1.29, 1.82) is 0 Å². The summed E-state index contributed by atoms with van der Waals surface area (Å²) in [5.41, 5.74) is 8.23. The van der Waals surface area contributed by atoms with Gasteiger partial charge in [0.15, 0.2) is 0 Å². The summed E-state index contributed by atoms with van der Waals surface area (Å²) < 4.78 is 2.36. The Morgan fingerprint density at radius 3 is 2.15 bits per heavy atom. The molecule has 0 amide bonds. The summed E-state index contributed by atoms with van der Waals surface area (Å²) in [5, 5.41) is 5.69. The van der Waals surface area contributed by atoms with Crippen LogP contribution < -0.4 is 0 Å². The van der Waals surface area contributed by atoms with Crippen LogP contribution in [0.4, 0.5) is 0 Å². The molecule has 0 saturated heterocycles. The van der Waals surface area contributed by atoms with E-state index in [1.165, 1.54) is 49.4 Å². The third-order valence-corrected chi connectivity index (χ3v) is 6.82. The van der Waals surface area contributed by atoms with Crippen molar-refractivity contribution >= 4 is 55.2 Å². The van der Waals surface area contributed by atoms with Gasteiger partial charge in [0.2, 0.25) is 0 Å². The van der Waals surface area contributed by atoms with Gasteiger partial charge in [-0.15, -0.1) is 0 Å². The molecule has 0 bridgehead atoms. The third-order valence-electron chi connectivity index (χ3n) is 6.59. The van der Waals surface area contributed by atoms with E-state index in [2.05, 4.69) is 107 Å². The molecule has 0 spiro atoms. The molecular weight excluding hydrogens is 424 g/mol. The lowest BCUT2D eigenvalue weighted by molar-refractivity contribution is 1.18. The van der Waals surface area contributed by atoms with Crippen LogP contribution in [0.3, 0.4) is 0 Å². The molecule has 156 valence electrons. The lowest BCUT2D eigenvalue weighted by atomic mass is 9.95. The summed E-state index contributed by atoms with van der Waals surface area (Å²) in [6.45, 7) is 0. The summed E-state index contributed by atoms with van der Waals surface area (Å²) in [5.74, 6) is 0. The van der Waals surface area contributed by atoms with Gasteiger partial charge in [0.1, 0.15) is 0 Å². The number of hydrogen-bond acceptors (Lipinski definition) is 0. The molecule has 2 heterocycles. The van der Waals surface area contributed by atoms with Crippen molar-refractivity contribution in [2.45, 2.75) is 0 Å². The second-order valence-electron chi connectivity index (χ2n) is 8.43. The van der Waals surface area contributed by atoms with Crippen LogP contribution in [0.2, 0.25) is 5.02 Å². The van der Waals surface area contributed by atoms with Crippen LogP contribution in [0.15, 0.2) is 109 Å². The topological polar surface area (TPSA) is 20.7 Å². The number of halogens is 1. The Balaban J connectivity index is 1.64. The second kappa shape index (κ2) is 6.99. The van der Waals surface area contributed by atoms with Gasteiger partial charge in [-0.2, -0.15) is 0 Å². The minimum atomic E-state index is 0.739. The van der Waals surface area contributed by atoms with Gasteiger partial charge in [-0.3, -0.25) is 0 Å². The standard InChI is InChI=1S/C30H19ClN2/c31-19-16-17-23-26(18-19)32-25-13-6-11-21(29(23)25)22-12-7-15-28-30(22)24-10-4-5-14-27(24)33(28)20-8-2-1-3-9-20/h1-18,32H. The lowest BCUT2D eigenvalue weighted by Gasteiger charge is -2.09. The summed E-state index contributed by atoms with van der Waals surface area (Å²) in [6, 6.07) is 38.5. The molecule has 33 heavy (non-hydrogen) atoms. The molecule has 0 aliphatic heterocycles. The van der Waals surface area contributed by atoms with E-state index in [1.54, 1.807) is 0 Å². The minimum Gasteiger partial charge on any atom is -0.354 e. The molecule has 1 N–H and O–H groups in total. The fourth-order valence-electron chi connectivity index (χ4n) is 5.25. The summed E-state index contributed by atoms with van der Waals surface area (Å²) >= 11 is 6.28. The van der Waals surface area contributed by atoms with Gasteiger partial charge in [0.25, 0.3) is 0 Å². The van der Waals surface area contributed by atoms with Gasteiger partial charge < -0.3 is 9.55 Å². The van der Waals surface area contributed by atoms with Crippen molar-refractivity contribution in [1.82, 2.24) is 9.55 Å². The van der Waals surface area contributed by atoms with Crippen LogP contribution in [0.25, 0.3) is 60.4 Å². The number of para-hydroxylation sites is 2. The average molecular weight is 443 g/mol. The van der Waals surface area contributed by atoms with Crippen LogP contribution >= 0.6 is 11.6 Å². The molecule has 3 heteroatoms. The zero-order chi connectivity index (χ0) is 21.9. The molecule has 7 rings (SSSR count). The predicted molar refractivity (Wildman–Crippen MR) is 141 cm³/mol. The van der Waals surface area contributed by atoms with E-state index in [0.29, 0.717) is 0 Å². The smallest absolute Gasteiger partial charge is 0.0547 e. The highest BCUT2D eigenvalue weighted by molar-refractivity contribution is 6.32. The van der Waals surface area contributed by atoms with Crippen LogP contribution in [0.5, 0.6) is 0 Å². The van der Waals surface area contributed by atoms with Crippen molar-refractivity contribution in [2.24, 2.45) is 0 Å². The monoisotopic (exact) mass is 442 g/mol. The Morgan fingerprint density at radius 2 is 1.27 bits per heavy atom. The molecule has 7 aromatic rings. The first-order valence-corrected chi connectivity index (χ1v) is 11.5. The summed E-state index contributed by atoms with van der Waals surface area (Å²) in [7, 11) is 0. The SMILES string of the molecule is Clc1ccc2c(c1)[nH]c1cccc(-c3cccc4c3c3ccccc3n4-c3ccccc3)c12. The second-order valence-corrected chi connectivity index (χ2v) is 8.87. The largest absolute Gasteiger partial charge is 0.354 e. The van der Waals surface area contributed by atoms with Gasteiger partial charge in [-0.1, -0.05) is 78.3 Å². The molecule has 0 aliphatic rings. The van der Waals surface area contributed by atoms with E-state index in [4.69, 9.17) is 11.6 Å². The van der Waals surface area contributed by atoms with Crippen molar-refractivity contribution in [2.75, 3.05) is 0 Å². The lowest BCUT2D eigenvalue weighted by Crippen LogP contribution is -1.92. The number of hydrogen-bond donors (Lipinski definition) is 1. The zero-order valence-electron chi connectivity index (χ0n) is 17.7. The highest BCUT2D eigenvalue weighted by Crippen LogP contribution is 2.42. The summed E-state index contributed by atoms with van der Waals surface area (Å²) in [6.07, 6.45) is 0. The first-order valence-electron chi connectivity index (χ1n) is 11.1. The van der Waals surface area contributed by atoms with E-state index >= 15 is 0 Å². The first-order chi connectivity index (χ1) is 16.3. The summed E-state index contributed by atoms with van der Waals surface area (Å²) in [4.78, 5) is 3.56. The molecule has 0 fully saturated rings. The predicted octanol–water partition coefficient (Wildman–Crippen LogP) is 8.74. The molecular formula is C30H19ClN2. The van der Waals surface area contributed by atoms with Gasteiger partial charge >= 0.3 is 0 Å². The minimum absolute atomic E-state index is 0.739. The number of nitrogens with one attached hydrogen (secondary N) is 1. The third kappa shape index (κ3) is 2.68. The molecule has 2 aromatic heterocycles. The first kappa shape index (κ1) is 18.6. The van der Waals surface area contributed by atoms with E-state index in [-0.39, 0.29) is 0 Å². The van der Waals surface area contributed by atoms with Crippen LogP contribution in [0, 0.1) is 0 Å². The molecule has 0 aliphatic carbocycles. The Kier molecular flexibility index (Phi) is 3.93. The highest BCUT2D eigenvalue weighted by Gasteiger charge is 2.18. The van der Waals surface area contributed by atoms with Crippen molar-refractivity contribution in [3.63, 3.8) is 0 Å². The number of nitrogens with zero attached hydrogens (tertiary/aromatic N) is 1. The van der Waals surface area contributed by atoms with Gasteiger partial charge in [0, 0.05) is 43.3 Å². The van der Waals surface area contributed by atoms with Crippen molar-refractivity contribution in [3.8, 4) is 16.8 Å². The molecule has 0 unspecified atom stereocenters. The number of aromatic nitrogens is 2. The fraction of sp³-hybridized carbons (Fsp3) is 0. The fourth-order valence-corrected chi connectivity index (χ4v) is 5.43. The van der Waals surface area contributed by atoms with Crippen LogP contribution in [-0.2, 0) is 0 Å². The number of aromatic amines is 1. The van der Waals surface area contributed by atoms with Crippen LogP contribution in [-0.4, -0.2) is 9.55 Å². The van der Waals surface area contributed by atoms with Gasteiger partial charge in [0.05, 0.1) is 11.0 Å². The molecule has 0 atom stereocenters. The van der Waals surface area contributed by atoms with Gasteiger partial charge in [-0.05, 0) is 53.6 Å². The molecule has 0 saturated carbocycles. The van der Waals surface area contributed by atoms with Crippen LogP contribution in [0.1, 0.15) is 0 Å². The van der Waals surface area contributed by atoms with E-state index in [0.717, 1.165) is 16.1 Å². The Labute approximate surface area is 195 Å². The maximum atomic E-state index is 6.28.